The first-order valence-electron chi connectivity index (χ1n) is 9.96. The van der Waals surface area contributed by atoms with E-state index in [4.69, 9.17) is 16.3 Å². The lowest BCUT2D eigenvalue weighted by molar-refractivity contribution is -0.114. The number of sulfonamides is 1. The van der Waals surface area contributed by atoms with Gasteiger partial charge in [0.05, 0.1) is 30.5 Å². The van der Waals surface area contributed by atoms with Crippen molar-refractivity contribution in [1.82, 2.24) is 14.1 Å². The molecule has 9 nitrogen and oxygen atoms in total. The van der Waals surface area contributed by atoms with Crippen LogP contribution in [0.25, 0.3) is 5.69 Å². The number of rotatable bonds is 7. The van der Waals surface area contributed by atoms with Crippen LogP contribution in [-0.4, -0.2) is 61.3 Å². The summed E-state index contributed by atoms with van der Waals surface area (Å²) >= 11 is 6.16. The summed E-state index contributed by atoms with van der Waals surface area (Å²) in [6.07, 6.45) is 1.79. The average Bonchev–Trinajstić information content (AvgIpc) is 3.29. The van der Waals surface area contributed by atoms with Gasteiger partial charge in [-0.1, -0.05) is 29.8 Å². The maximum atomic E-state index is 12.9. The Balaban J connectivity index is 1.39. The Morgan fingerprint density at radius 1 is 1.09 bits per heavy atom. The molecule has 2 N–H and O–H groups in total. The normalized spacial score (nSPS) is 14.8. The molecule has 0 bridgehead atoms. The van der Waals surface area contributed by atoms with E-state index in [0.717, 1.165) is 5.69 Å². The molecule has 1 saturated heterocycles. The van der Waals surface area contributed by atoms with Crippen molar-refractivity contribution in [1.29, 1.82) is 0 Å². The second-order valence-corrected chi connectivity index (χ2v) is 9.36. The van der Waals surface area contributed by atoms with Crippen LogP contribution in [-0.2, 0) is 19.6 Å². The number of hydrogen-bond donors (Lipinski definition) is 2. The highest BCUT2D eigenvalue weighted by molar-refractivity contribution is 7.89. The molecule has 0 radical (unpaired) electrons. The minimum Gasteiger partial charge on any atom is -0.379 e. The minimum absolute atomic E-state index is 0.0417. The van der Waals surface area contributed by atoms with Crippen LogP contribution >= 0.6 is 11.6 Å². The number of carbonyl (C=O) groups is 1. The number of ether oxygens (including phenoxy) is 1. The van der Waals surface area contributed by atoms with E-state index in [2.05, 4.69) is 15.7 Å². The first-order valence-corrected chi connectivity index (χ1v) is 11.8. The quantitative estimate of drug-likeness (QED) is 0.544. The molecule has 1 fully saturated rings. The van der Waals surface area contributed by atoms with Gasteiger partial charge < -0.3 is 15.4 Å². The number of aromatic nitrogens is 2. The topological polar surface area (TPSA) is 106 Å². The van der Waals surface area contributed by atoms with E-state index >= 15 is 0 Å². The fourth-order valence-corrected chi connectivity index (χ4v) is 5.13. The Bertz CT molecular complexity index is 1190. The van der Waals surface area contributed by atoms with Crippen LogP contribution in [0.5, 0.6) is 0 Å². The lowest BCUT2D eigenvalue weighted by Gasteiger charge is -2.26. The van der Waals surface area contributed by atoms with E-state index in [9.17, 15) is 13.2 Å². The van der Waals surface area contributed by atoms with Gasteiger partial charge in [-0.2, -0.15) is 9.40 Å². The van der Waals surface area contributed by atoms with E-state index in [1.54, 1.807) is 23.0 Å². The molecule has 168 valence electrons. The molecule has 2 aromatic carbocycles. The maximum Gasteiger partial charge on any atom is 0.244 e. The molecule has 0 aliphatic carbocycles. The SMILES string of the molecule is O=C(CNc1ccn(-c2ccccc2)n1)Nc1ccc(Cl)c(S(=O)(=O)N2CCOCC2)c1. The molecule has 2 heterocycles. The average molecular weight is 476 g/mol. The number of nitrogens with zero attached hydrogens (tertiary/aromatic N) is 3. The summed E-state index contributed by atoms with van der Waals surface area (Å²) in [5.74, 6) is 0.187. The summed E-state index contributed by atoms with van der Waals surface area (Å²) in [4.78, 5) is 12.3. The lowest BCUT2D eigenvalue weighted by Crippen LogP contribution is -2.40. The smallest absolute Gasteiger partial charge is 0.244 e. The Hall–Kier alpha value is -2.92. The zero-order valence-corrected chi connectivity index (χ0v) is 18.6. The van der Waals surface area contributed by atoms with Crippen molar-refractivity contribution in [2.45, 2.75) is 4.90 Å². The van der Waals surface area contributed by atoms with Gasteiger partial charge >= 0.3 is 0 Å². The van der Waals surface area contributed by atoms with Crippen LogP contribution in [0.1, 0.15) is 0 Å². The van der Waals surface area contributed by atoms with Crippen LogP contribution in [0, 0.1) is 0 Å². The molecule has 3 aromatic rings. The number of carbonyl (C=O) groups excluding carboxylic acids is 1. The Kier molecular flexibility index (Phi) is 6.75. The summed E-state index contributed by atoms with van der Waals surface area (Å²) in [6, 6.07) is 15.7. The molecule has 11 heteroatoms. The third-order valence-corrected chi connectivity index (χ3v) is 7.22. The summed E-state index contributed by atoms with van der Waals surface area (Å²) in [5.41, 5.74) is 1.24. The van der Waals surface area contributed by atoms with Gasteiger partial charge in [-0.15, -0.1) is 0 Å². The number of halogens is 1. The van der Waals surface area contributed by atoms with E-state index in [0.29, 0.717) is 24.7 Å². The van der Waals surface area contributed by atoms with Crippen molar-refractivity contribution in [3.63, 3.8) is 0 Å². The van der Waals surface area contributed by atoms with Gasteiger partial charge in [0, 0.05) is 31.0 Å². The zero-order valence-electron chi connectivity index (χ0n) is 17.1. The molecule has 1 aromatic heterocycles. The summed E-state index contributed by atoms with van der Waals surface area (Å²) in [6.45, 7) is 1.14. The second kappa shape index (κ2) is 9.70. The fraction of sp³-hybridized carbons (Fsp3) is 0.238. The van der Waals surface area contributed by atoms with Crippen molar-refractivity contribution < 1.29 is 17.9 Å². The van der Waals surface area contributed by atoms with Gasteiger partial charge in [-0.3, -0.25) is 4.79 Å². The number of nitrogens with one attached hydrogen (secondary N) is 2. The second-order valence-electron chi connectivity index (χ2n) is 7.04. The predicted octanol–water partition coefficient (Wildman–Crippen LogP) is 2.60. The predicted molar refractivity (Wildman–Crippen MR) is 122 cm³/mol. The van der Waals surface area contributed by atoms with Crippen LogP contribution in [0.4, 0.5) is 11.5 Å². The fourth-order valence-electron chi connectivity index (χ4n) is 3.22. The van der Waals surface area contributed by atoms with Crippen molar-refractivity contribution in [3.8, 4) is 5.69 Å². The Labute approximate surface area is 191 Å². The molecule has 32 heavy (non-hydrogen) atoms. The summed E-state index contributed by atoms with van der Waals surface area (Å²) in [7, 11) is -3.79. The first-order chi connectivity index (χ1) is 15.4. The number of amides is 1. The lowest BCUT2D eigenvalue weighted by atomic mass is 10.3. The molecule has 0 spiro atoms. The molecule has 0 saturated carbocycles. The van der Waals surface area contributed by atoms with E-state index in [1.165, 1.54) is 16.4 Å². The number of anilines is 2. The molecule has 1 aliphatic rings. The van der Waals surface area contributed by atoms with Gasteiger partial charge in [-0.05, 0) is 30.3 Å². The van der Waals surface area contributed by atoms with Crippen molar-refractivity contribution in [3.05, 3.63) is 65.8 Å². The summed E-state index contributed by atoms with van der Waals surface area (Å²) in [5, 5.41) is 10.1. The molecule has 0 unspecified atom stereocenters. The maximum absolute atomic E-state index is 12.9. The highest BCUT2D eigenvalue weighted by Gasteiger charge is 2.28. The van der Waals surface area contributed by atoms with Crippen molar-refractivity contribution in [2.75, 3.05) is 43.5 Å². The molecule has 4 rings (SSSR count). The van der Waals surface area contributed by atoms with Gasteiger partial charge in [0.1, 0.15) is 10.7 Å². The number of para-hydroxylation sites is 1. The number of benzene rings is 2. The van der Waals surface area contributed by atoms with Gasteiger partial charge in [0.2, 0.25) is 15.9 Å². The molecule has 1 aliphatic heterocycles. The third-order valence-electron chi connectivity index (χ3n) is 4.84. The van der Waals surface area contributed by atoms with Crippen molar-refractivity contribution in [2.24, 2.45) is 0 Å². The Morgan fingerprint density at radius 3 is 2.59 bits per heavy atom. The van der Waals surface area contributed by atoms with Crippen LogP contribution in [0.15, 0.2) is 65.7 Å². The minimum atomic E-state index is -3.79. The highest BCUT2D eigenvalue weighted by Crippen LogP contribution is 2.28. The number of morpholine rings is 1. The molecular formula is C21H22ClN5O4S. The summed E-state index contributed by atoms with van der Waals surface area (Å²) < 4.78 is 34.1. The van der Waals surface area contributed by atoms with E-state index < -0.39 is 10.0 Å². The molecular weight excluding hydrogens is 454 g/mol. The monoisotopic (exact) mass is 475 g/mol. The molecule has 0 atom stereocenters. The Morgan fingerprint density at radius 2 is 1.84 bits per heavy atom. The standard InChI is InChI=1S/C21H22ClN5O4S/c22-18-7-6-16(14-19(18)32(29,30)26-10-12-31-13-11-26)24-21(28)15-23-20-8-9-27(25-20)17-4-2-1-3-5-17/h1-9,14H,10-13,15H2,(H,23,25)(H,24,28). The number of hydrogen-bond acceptors (Lipinski definition) is 6. The van der Waals surface area contributed by atoms with Gasteiger partial charge in [-0.25, -0.2) is 13.1 Å². The molecule has 1 amide bonds. The first kappa shape index (κ1) is 22.3. The van der Waals surface area contributed by atoms with Gasteiger partial charge in [0.25, 0.3) is 0 Å². The van der Waals surface area contributed by atoms with E-state index in [1.807, 2.05) is 30.3 Å². The highest BCUT2D eigenvalue weighted by atomic mass is 35.5. The van der Waals surface area contributed by atoms with Crippen LogP contribution < -0.4 is 10.6 Å². The third kappa shape index (κ3) is 5.10. The van der Waals surface area contributed by atoms with Crippen LogP contribution in [0.2, 0.25) is 5.02 Å². The van der Waals surface area contributed by atoms with Crippen LogP contribution in [0.3, 0.4) is 0 Å². The van der Waals surface area contributed by atoms with Crippen molar-refractivity contribution >= 4 is 39.0 Å². The van der Waals surface area contributed by atoms with Gasteiger partial charge in [0.15, 0.2) is 0 Å². The zero-order chi connectivity index (χ0) is 22.6. The largest absolute Gasteiger partial charge is 0.379 e. The van der Waals surface area contributed by atoms with E-state index in [-0.39, 0.29) is 35.5 Å².